The quantitative estimate of drug-likeness (QED) is 0.868. The van der Waals surface area contributed by atoms with Gasteiger partial charge in [0.25, 0.3) is 0 Å². The summed E-state index contributed by atoms with van der Waals surface area (Å²) < 4.78 is 6.24. The third kappa shape index (κ3) is 4.77. The van der Waals surface area contributed by atoms with Crippen LogP contribution in [0.25, 0.3) is 0 Å². The Labute approximate surface area is 111 Å². The van der Waals surface area contributed by atoms with Crippen molar-refractivity contribution in [3.63, 3.8) is 0 Å². The second kappa shape index (κ2) is 5.54. The number of hydrogen-bond donors (Lipinski definition) is 1. The first kappa shape index (κ1) is 14.0. The van der Waals surface area contributed by atoms with E-state index in [0.29, 0.717) is 0 Å². The standard InChI is InChI=1S/C13H18BrNO2/c1-9-10(14)6-5-7-11(9)15-8-12(16)17-13(2,3)4/h5-7,15H,8H2,1-4H3. The van der Waals surface area contributed by atoms with Crippen molar-refractivity contribution in [3.8, 4) is 0 Å². The molecule has 0 radical (unpaired) electrons. The minimum Gasteiger partial charge on any atom is -0.459 e. The molecule has 17 heavy (non-hydrogen) atoms. The van der Waals surface area contributed by atoms with Crippen molar-refractivity contribution in [3.05, 3.63) is 28.2 Å². The Hall–Kier alpha value is -1.03. The average molecular weight is 300 g/mol. The van der Waals surface area contributed by atoms with Gasteiger partial charge in [0.2, 0.25) is 0 Å². The zero-order valence-corrected chi connectivity index (χ0v) is 12.2. The molecule has 1 N–H and O–H groups in total. The van der Waals surface area contributed by atoms with Gasteiger partial charge < -0.3 is 10.1 Å². The van der Waals surface area contributed by atoms with E-state index in [1.807, 2.05) is 45.9 Å². The predicted octanol–water partition coefficient (Wildman–Crippen LogP) is 3.51. The fourth-order valence-corrected chi connectivity index (χ4v) is 1.71. The lowest BCUT2D eigenvalue weighted by Gasteiger charge is -2.20. The van der Waals surface area contributed by atoms with Gasteiger partial charge in [-0.1, -0.05) is 22.0 Å². The van der Waals surface area contributed by atoms with Gasteiger partial charge in [-0.25, -0.2) is 0 Å². The summed E-state index contributed by atoms with van der Waals surface area (Å²) in [6, 6.07) is 5.83. The number of ether oxygens (including phenoxy) is 1. The number of carbonyl (C=O) groups is 1. The molecular formula is C13H18BrNO2. The largest absolute Gasteiger partial charge is 0.459 e. The predicted molar refractivity (Wildman–Crippen MR) is 73.2 cm³/mol. The number of rotatable bonds is 3. The van der Waals surface area contributed by atoms with E-state index in [2.05, 4.69) is 21.2 Å². The number of hydrogen-bond acceptors (Lipinski definition) is 3. The van der Waals surface area contributed by atoms with Gasteiger partial charge in [0.1, 0.15) is 12.1 Å². The molecule has 0 aliphatic rings. The SMILES string of the molecule is Cc1c(Br)cccc1NCC(=O)OC(C)(C)C. The van der Waals surface area contributed by atoms with Crippen LogP contribution < -0.4 is 5.32 Å². The van der Waals surface area contributed by atoms with Crippen molar-refractivity contribution >= 4 is 27.6 Å². The van der Waals surface area contributed by atoms with Crippen molar-refractivity contribution in [2.24, 2.45) is 0 Å². The highest BCUT2D eigenvalue weighted by Gasteiger charge is 2.16. The summed E-state index contributed by atoms with van der Waals surface area (Å²) in [5.74, 6) is -0.253. The molecule has 0 spiro atoms. The maximum absolute atomic E-state index is 11.5. The molecule has 0 fully saturated rings. The van der Waals surface area contributed by atoms with Crippen LogP contribution in [0.5, 0.6) is 0 Å². The fraction of sp³-hybridized carbons (Fsp3) is 0.462. The Morgan fingerprint density at radius 2 is 2.06 bits per heavy atom. The summed E-state index contributed by atoms with van der Waals surface area (Å²) in [6.45, 7) is 7.73. The molecule has 1 rings (SSSR count). The van der Waals surface area contributed by atoms with Crippen LogP contribution in [0.15, 0.2) is 22.7 Å². The molecule has 1 aromatic carbocycles. The molecular weight excluding hydrogens is 282 g/mol. The van der Waals surface area contributed by atoms with Crippen LogP contribution in [-0.2, 0) is 9.53 Å². The molecule has 0 saturated heterocycles. The van der Waals surface area contributed by atoms with E-state index >= 15 is 0 Å². The molecule has 0 heterocycles. The van der Waals surface area contributed by atoms with E-state index in [1.165, 1.54) is 0 Å². The van der Waals surface area contributed by atoms with Crippen LogP contribution in [0.4, 0.5) is 5.69 Å². The molecule has 0 amide bonds. The van der Waals surface area contributed by atoms with Crippen LogP contribution in [-0.4, -0.2) is 18.1 Å². The average Bonchev–Trinajstić information content (AvgIpc) is 2.18. The summed E-state index contributed by atoms with van der Waals surface area (Å²) in [4.78, 5) is 11.5. The first-order valence-electron chi connectivity index (χ1n) is 5.50. The molecule has 94 valence electrons. The van der Waals surface area contributed by atoms with Gasteiger partial charge in [-0.2, -0.15) is 0 Å². The molecule has 0 aromatic heterocycles. The Morgan fingerprint density at radius 1 is 1.41 bits per heavy atom. The molecule has 0 atom stereocenters. The van der Waals surface area contributed by atoms with Gasteiger partial charge in [0.05, 0.1) is 0 Å². The number of esters is 1. The van der Waals surface area contributed by atoms with E-state index in [-0.39, 0.29) is 12.5 Å². The summed E-state index contributed by atoms with van der Waals surface area (Å²) in [7, 11) is 0. The van der Waals surface area contributed by atoms with Gasteiger partial charge >= 0.3 is 5.97 Å². The lowest BCUT2D eigenvalue weighted by Crippen LogP contribution is -2.28. The first-order chi connectivity index (χ1) is 7.79. The minimum absolute atomic E-state index is 0.175. The fourth-order valence-electron chi connectivity index (χ4n) is 1.34. The van der Waals surface area contributed by atoms with Crippen LogP contribution in [0.2, 0.25) is 0 Å². The number of halogens is 1. The lowest BCUT2D eigenvalue weighted by atomic mass is 10.2. The van der Waals surface area contributed by atoms with Gasteiger partial charge in [-0.05, 0) is 45.4 Å². The van der Waals surface area contributed by atoms with Crippen LogP contribution in [0.3, 0.4) is 0 Å². The third-order valence-corrected chi connectivity index (χ3v) is 2.97. The van der Waals surface area contributed by atoms with Gasteiger partial charge in [-0.3, -0.25) is 4.79 Å². The van der Waals surface area contributed by atoms with E-state index in [4.69, 9.17) is 4.74 Å². The highest BCUT2D eigenvalue weighted by Crippen LogP contribution is 2.23. The van der Waals surface area contributed by atoms with Crippen LogP contribution in [0, 0.1) is 6.92 Å². The minimum atomic E-state index is -0.439. The summed E-state index contributed by atoms with van der Waals surface area (Å²) >= 11 is 3.45. The zero-order chi connectivity index (χ0) is 13.1. The Kier molecular flexibility index (Phi) is 4.57. The Balaban J connectivity index is 2.56. The summed E-state index contributed by atoms with van der Waals surface area (Å²) in [6.07, 6.45) is 0. The van der Waals surface area contributed by atoms with Crippen molar-refractivity contribution in [1.29, 1.82) is 0 Å². The van der Waals surface area contributed by atoms with E-state index in [1.54, 1.807) is 0 Å². The van der Waals surface area contributed by atoms with E-state index in [0.717, 1.165) is 15.7 Å². The normalized spacial score (nSPS) is 11.1. The van der Waals surface area contributed by atoms with Crippen molar-refractivity contribution in [2.45, 2.75) is 33.3 Å². The first-order valence-corrected chi connectivity index (χ1v) is 6.30. The number of benzene rings is 1. The molecule has 0 aliphatic heterocycles. The summed E-state index contributed by atoms with van der Waals surface area (Å²) in [5, 5.41) is 3.07. The maximum atomic E-state index is 11.5. The topological polar surface area (TPSA) is 38.3 Å². The molecule has 0 aliphatic carbocycles. The molecule has 0 bridgehead atoms. The molecule has 1 aromatic rings. The Bertz CT molecular complexity index is 410. The van der Waals surface area contributed by atoms with Gasteiger partial charge in [-0.15, -0.1) is 0 Å². The molecule has 0 saturated carbocycles. The molecule has 0 unspecified atom stereocenters. The number of nitrogens with one attached hydrogen (secondary N) is 1. The monoisotopic (exact) mass is 299 g/mol. The van der Waals surface area contributed by atoms with Crippen molar-refractivity contribution in [2.75, 3.05) is 11.9 Å². The van der Waals surface area contributed by atoms with Crippen molar-refractivity contribution in [1.82, 2.24) is 0 Å². The van der Waals surface area contributed by atoms with E-state index in [9.17, 15) is 4.79 Å². The molecule has 3 nitrogen and oxygen atoms in total. The zero-order valence-electron chi connectivity index (χ0n) is 10.6. The van der Waals surface area contributed by atoms with Gasteiger partial charge in [0.15, 0.2) is 0 Å². The van der Waals surface area contributed by atoms with Crippen LogP contribution >= 0.6 is 15.9 Å². The number of carbonyl (C=O) groups excluding carboxylic acids is 1. The lowest BCUT2D eigenvalue weighted by molar-refractivity contribution is -0.152. The maximum Gasteiger partial charge on any atom is 0.325 e. The highest BCUT2D eigenvalue weighted by molar-refractivity contribution is 9.10. The third-order valence-electron chi connectivity index (χ3n) is 2.11. The summed E-state index contributed by atoms with van der Waals surface area (Å²) in [5.41, 5.74) is 1.58. The van der Waals surface area contributed by atoms with Crippen molar-refractivity contribution < 1.29 is 9.53 Å². The second-order valence-corrected chi connectivity index (χ2v) is 5.71. The second-order valence-electron chi connectivity index (χ2n) is 4.85. The van der Waals surface area contributed by atoms with Crippen LogP contribution in [0.1, 0.15) is 26.3 Å². The smallest absolute Gasteiger partial charge is 0.325 e. The molecule has 4 heteroatoms. The highest BCUT2D eigenvalue weighted by atomic mass is 79.9. The Morgan fingerprint density at radius 3 is 2.65 bits per heavy atom. The van der Waals surface area contributed by atoms with E-state index < -0.39 is 5.60 Å². The number of anilines is 1. The van der Waals surface area contributed by atoms with Gasteiger partial charge in [0, 0.05) is 10.2 Å².